The van der Waals surface area contributed by atoms with Gasteiger partial charge in [-0.15, -0.1) is 10.2 Å². The van der Waals surface area contributed by atoms with Crippen LogP contribution in [-0.2, 0) is 0 Å². The molecule has 0 N–H and O–H groups in total. The number of hydrogen-bond donors (Lipinski definition) is 0. The number of anilines is 3. The van der Waals surface area contributed by atoms with Crippen molar-refractivity contribution in [2.45, 2.75) is 0 Å². The van der Waals surface area contributed by atoms with Gasteiger partial charge in [0.1, 0.15) is 5.69 Å². The number of aromatic nitrogens is 5. The molecule has 0 fully saturated rings. The molecule has 3 aromatic heterocycles. The number of nitrogens with zero attached hydrogens (tertiary/aromatic N) is 6. The Balaban J connectivity index is 1.13. The lowest BCUT2D eigenvalue weighted by atomic mass is 10.1. The van der Waals surface area contributed by atoms with Gasteiger partial charge in [-0.05, 0) is 84.9 Å². The van der Waals surface area contributed by atoms with E-state index in [0.717, 1.165) is 45.5 Å². The van der Waals surface area contributed by atoms with Crippen LogP contribution < -0.4 is 4.90 Å². The normalized spacial score (nSPS) is 11.3. The highest BCUT2D eigenvalue weighted by Gasteiger charge is 2.19. The molecule has 49 heavy (non-hydrogen) atoms. The fraction of sp³-hybridized carbons (Fsp3) is 0. The van der Waals surface area contributed by atoms with Crippen molar-refractivity contribution < 1.29 is 0 Å². The third-order valence-corrected chi connectivity index (χ3v) is 8.92. The van der Waals surface area contributed by atoms with Gasteiger partial charge in [0.2, 0.25) is 0 Å². The Morgan fingerprint density at radius 2 is 0.878 bits per heavy atom. The summed E-state index contributed by atoms with van der Waals surface area (Å²) in [6.45, 7) is 0. The van der Waals surface area contributed by atoms with Crippen LogP contribution in [0.3, 0.4) is 0 Å². The van der Waals surface area contributed by atoms with E-state index in [1.807, 2.05) is 42.5 Å². The maximum atomic E-state index is 4.62. The summed E-state index contributed by atoms with van der Waals surface area (Å²) >= 11 is 0. The molecular weight excluding hydrogens is 601 g/mol. The van der Waals surface area contributed by atoms with Crippen LogP contribution in [-0.4, -0.2) is 24.3 Å². The Morgan fingerprint density at radius 1 is 0.388 bits per heavy atom. The van der Waals surface area contributed by atoms with Gasteiger partial charge >= 0.3 is 0 Å². The summed E-state index contributed by atoms with van der Waals surface area (Å²) in [6, 6.07) is 61.1. The van der Waals surface area contributed by atoms with Crippen LogP contribution in [0, 0.1) is 0 Å². The molecular formula is C43H30N6. The van der Waals surface area contributed by atoms with Crippen LogP contribution in [0.2, 0.25) is 0 Å². The SMILES string of the molecule is c1ccc(-c2nnc(-c3ccccn3)n2-c2ccc(N(c3ccccc3)c3ccc(-n4c5ccccc5c5ccccc54)cc3)cc2)cc1. The van der Waals surface area contributed by atoms with Crippen LogP contribution in [0.1, 0.15) is 0 Å². The molecule has 0 aliphatic rings. The molecule has 0 saturated carbocycles. The zero-order valence-corrected chi connectivity index (χ0v) is 26.5. The predicted octanol–water partition coefficient (Wildman–Crippen LogP) is 10.6. The first-order valence-electron chi connectivity index (χ1n) is 16.3. The highest BCUT2D eigenvalue weighted by atomic mass is 15.3. The molecule has 0 saturated heterocycles. The highest BCUT2D eigenvalue weighted by Crippen LogP contribution is 2.38. The van der Waals surface area contributed by atoms with E-state index in [1.165, 1.54) is 21.8 Å². The minimum atomic E-state index is 0.688. The first kappa shape index (κ1) is 28.4. The molecule has 3 heterocycles. The second-order valence-electron chi connectivity index (χ2n) is 11.8. The fourth-order valence-electron chi connectivity index (χ4n) is 6.69. The van der Waals surface area contributed by atoms with Gasteiger partial charge in [-0.2, -0.15) is 0 Å². The minimum Gasteiger partial charge on any atom is -0.311 e. The topological polar surface area (TPSA) is 51.8 Å². The molecule has 0 radical (unpaired) electrons. The molecule has 0 bridgehead atoms. The molecule has 0 atom stereocenters. The standard InChI is InChI=1S/C43H30N6/c1-3-13-31(14-4-1)42-45-46-43(39-19-11-12-30-44-39)49(42)36-28-24-34(25-29-36)47(32-15-5-2-6-16-32)33-22-26-35(27-23-33)48-40-20-9-7-17-37(40)38-18-8-10-21-41(38)48/h1-30H. The largest absolute Gasteiger partial charge is 0.311 e. The number of para-hydroxylation sites is 3. The third-order valence-electron chi connectivity index (χ3n) is 8.92. The molecule has 0 aliphatic heterocycles. The van der Waals surface area contributed by atoms with Crippen molar-refractivity contribution in [1.29, 1.82) is 0 Å². The lowest BCUT2D eigenvalue weighted by molar-refractivity contribution is 1.05. The van der Waals surface area contributed by atoms with Crippen molar-refractivity contribution in [3.05, 3.63) is 182 Å². The van der Waals surface area contributed by atoms with Gasteiger partial charge in [0.15, 0.2) is 11.6 Å². The minimum absolute atomic E-state index is 0.688. The summed E-state index contributed by atoms with van der Waals surface area (Å²) in [6.07, 6.45) is 1.78. The molecule has 232 valence electrons. The molecule has 9 aromatic rings. The van der Waals surface area contributed by atoms with Crippen LogP contribution in [0.15, 0.2) is 182 Å². The van der Waals surface area contributed by atoms with Gasteiger partial charge in [-0.3, -0.25) is 9.55 Å². The number of benzene rings is 6. The first-order chi connectivity index (χ1) is 24.3. The van der Waals surface area contributed by atoms with E-state index >= 15 is 0 Å². The molecule has 6 heteroatoms. The smallest absolute Gasteiger partial charge is 0.187 e. The summed E-state index contributed by atoms with van der Waals surface area (Å²) in [5, 5.41) is 11.7. The molecule has 6 aromatic carbocycles. The maximum absolute atomic E-state index is 4.62. The second-order valence-corrected chi connectivity index (χ2v) is 11.8. The Labute approximate surface area is 283 Å². The number of pyridine rings is 1. The van der Waals surface area contributed by atoms with Gasteiger partial charge in [0, 0.05) is 51.0 Å². The number of hydrogen-bond acceptors (Lipinski definition) is 4. The fourth-order valence-corrected chi connectivity index (χ4v) is 6.69. The summed E-state index contributed by atoms with van der Waals surface area (Å²) in [5.74, 6) is 1.45. The van der Waals surface area contributed by atoms with E-state index in [0.29, 0.717) is 5.82 Å². The Morgan fingerprint density at radius 3 is 1.47 bits per heavy atom. The van der Waals surface area contributed by atoms with E-state index in [4.69, 9.17) is 0 Å². The number of fused-ring (bicyclic) bond motifs is 3. The average molecular weight is 631 g/mol. The Kier molecular flexibility index (Phi) is 7.02. The zero-order valence-electron chi connectivity index (χ0n) is 26.5. The Bertz CT molecular complexity index is 2410. The van der Waals surface area contributed by atoms with Gasteiger partial charge in [0.05, 0.1) is 11.0 Å². The van der Waals surface area contributed by atoms with Gasteiger partial charge in [-0.1, -0.05) is 91.0 Å². The molecule has 0 aliphatic carbocycles. The average Bonchev–Trinajstić information content (AvgIpc) is 3.77. The van der Waals surface area contributed by atoms with Crippen molar-refractivity contribution in [1.82, 2.24) is 24.3 Å². The van der Waals surface area contributed by atoms with Crippen LogP contribution in [0.25, 0.3) is 56.1 Å². The molecule has 0 unspecified atom stereocenters. The van der Waals surface area contributed by atoms with Crippen molar-refractivity contribution in [2.24, 2.45) is 0 Å². The molecule has 6 nitrogen and oxygen atoms in total. The lowest BCUT2D eigenvalue weighted by Gasteiger charge is -2.26. The third kappa shape index (κ3) is 5.03. The summed E-state index contributed by atoms with van der Waals surface area (Å²) < 4.78 is 4.42. The highest BCUT2D eigenvalue weighted by molar-refractivity contribution is 6.09. The predicted molar refractivity (Wildman–Crippen MR) is 199 cm³/mol. The van der Waals surface area contributed by atoms with Gasteiger partial charge in [-0.25, -0.2) is 0 Å². The molecule has 9 rings (SSSR count). The van der Waals surface area contributed by atoms with Crippen molar-refractivity contribution in [2.75, 3.05) is 4.90 Å². The van der Waals surface area contributed by atoms with Crippen molar-refractivity contribution in [3.8, 4) is 34.3 Å². The van der Waals surface area contributed by atoms with E-state index < -0.39 is 0 Å². The summed E-state index contributed by atoms with van der Waals surface area (Å²) in [4.78, 5) is 6.87. The van der Waals surface area contributed by atoms with Crippen LogP contribution in [0.5, 0.6) is 0 Å². The van der Waals surface area contributed by atoms with Gasteiger partial charge in [0.25, 0.3) is 0 Å². The van der Waals surface area contributed by atoms with E-state index in [1.54, 1.807) is 6.20 Å². The van der Waals surface area contributed by atoms with E-state index in [-0.39, 0.29) is 0 Å². The van der Waals surface area contributed by atoms with Crippen LogP contribution in [0.4, 0.5) is 17.1 Å². The number of rotatable bonds is 7. The lowest BCUT2D eigenvalue weighted by Crippen LogP contribution is -2.10. The van der Waals surface area contributed by atoms with E-state index in [9.17, 15) is 0 Å². The van der Waals surface area contributed by atoms with Crippen LogP contribution >= 0.6 is 0 Å². The molecule has 0 amide bonds. The second kappa shape index (κ2) is 12.1. The van der Waals surface area contributed by atoms with Crippen molar-refractivity contribution >= 4 is 38.9 Å². The quantitative estimate of drug-likeness (QED) is 0.176. The monoisotopic (exact) mass is 630 g/mol. The Hall–Kier alpha value is -6.79. The van der Waals surface area contributed by atoms with Crippen molar-refractivity contribution in [3.63, 3.8) is 0 Å². The van der Waals surface area contributed by atoms with E-state index in [2.05, 4.69) is 163 Å². The maximum Gasteiger partial charge on any atom is 0.187 e. The summed E-state index contributed by atoms with van der Waals surface area (Å²) in [7, 11) is 0. The molecule has 0 spiro atoms. The summed E-state index contributed by atoms with van der Waals surface area (Å²) in [5.41, 5.74) is 9.37. The first-order valence-corrected chi connectivity index (χ1v) is 16.3. The van der Waals surface area contributed by atoms with Gasteiger partial charge < -0.3 is 9.47 Å². The zero-order chi connectivity index (χ0) is 32.6.